The molecule has 124 valence electrons. The fraction of sp³-hybridized carbons (Fsp3) is 0.600. The van der Waals surface area contributed by atoms with Gasteiger partial charge >= 0.3 is 0 Å². The van der Waals surface area contributed by atoms with Crippen molar-refractivity contribution in [1.29, 1.82) is 0 Å². The monoisotopic (exact) mass is 346 g/mol. The van der Waals surface area contributed by atoms with Crippen molar-refractivity contribution in [1.82, 2.24) is 0 Å². The van der Waals surface area contributed by atoms with E-state index in [0.717, 1.165) is 10.5 Å². The van der Waals surface area contributed by atoms with Crippen LogP contribution in [0.4, 0.5) is 5.69 Å². The molecule has 1 aromatic rings. The highest BCUT2D eigenvalue weighted by Crippen LogP contribution is 2.38. The van der Waals surface area contributed by atoms with Gasteiger partial charge in [-0.05, 0) is 30.9 Å². The topological polar surface area (TPSA) is 89.4 Å². The first kappa shape index (κ1) is 19.2. The first-order valence-corrected chi connectivity index (χ1v) is 8.31. The fourth-order valence-electron chi connectivity index (χ4n) is 2.70. The summed E-state index contributed by atoms with van der Waals surface area (Å²) in [6.45, 7) is -0.0165. The Balaban J connectivity index is 0.00000242. The van der Waals surface area contributed by atoms with Crippen molar-refractivity contribution in [2.45, 2.75) is 54.7 Å². The van der Waals surface area contributed by atoms with E-state index in [1.807, 2.05) is 6.07 Å². The molecule has 7 heteroatoms. The maximum atomic E-state index is 10.9. The van der Waals surface area contributed by atoms with E-state index in [1.54, 1.807) is 23.9 Å². The van der Waals surface area contributed by atoms with Crippen molar-refractivity contribution >= 4 is 29.9 Å². The van der Waals surface area contributed by atoms with Crippen molar-refractivity contribution in [2.24, 2.45) is 5.73 Å². The maximum Gasteiger partial charge on any atom is 0.269 e. The number of nitrogens with two attached hydrogens (primary N) is 1. The van der Waals surface area contributed by atoms with E-state index in [9.17, 15) is 10.1 Å². The summed E-state index contributed by atoms with van der Waals surface area (Å²) < 4.78 is 0. The molecule has 5 nitrogen and oxygen atoms in total. The average molecular weight is 347 g/mol. The second-order valence-corrected chi connectivity index (χ2v) is 6.82. The molecule has 0 heterocycles. The molecule has 1 aromatic carbocycles. The summed E-state index contributed by atoms with van der Waals surface area (Å²) in [6.07, 6.45) is 6.60. The van der Waals surface area contributed by atoms with Crippen molar-refractivity contribution in [3.05, 3.63) is 33.9 Å². The van der Waals surface area contributed by atoms with Crippen LogP contribution in [0.15, 0.2) is 23.1 Å². The molecule has 0 spiro atoms. The minimum atomic E-state index is -0.399. The number of nitrogens with zero attached hydrogens (tertiary/aromatic N) is 1. The second kappa shape index (κ2) is 9.35. The predicted octanol–water partition coefficient (Wildman–Crippen LogP) is 3.82. The molecule has 0 aliphatic heterocycles. The summed E-state index contributed by atoms with van der Waals surface area (Å²) in [5, 5.41) is 20.6. The number of halogens is 1. The number of hydrogen-bond acceptors (Lipinski definition) is 5. The van der Waals surface area contributed by atoms with E-state index in [-0.39, 0.29) is 30.7 Å². The van der Waals surface area contributed by atoms with Gasteiger partial charge in [0, 0.05) is 34.9 Å². The van der Waals surface area contributed by atoms with Crippen LogP contribution in [0.2, 0.25) is 0 Å². The van der Waals surface area contributed by atoms with Crippen LogP contribution in [-0.2, 0) is 0 Å². The zero-order chi connectivity index (χ0) is 15.2. The molecular weight excluding hydrogens is 324 g/mol. The van der Waals surface area contributed by atoms with Gasteiger partial charge in [0.1, 0.15) is 0 Å². The van der Waals surface area contributed by atoms with Gasteiger partial charge in [-0.3, -0.25) is 10.1 Å². The Morgan fingerprint density at radius 3 is 2.64 bits per heavy atom. The molecule has 0 radical (unpaired) electrons. The third kappa shape index (κ3) is 5.12. The molecule has 22 heavy (non-hydrogen) atoms. The second-order valence-electron chi connectivity index (χ2n) is 5.48. The van der Waals surface area contributed by atoms with Gasteiger partial charge in [0.25, 0.3) is 5.69 Å². The summed E-state index contributed by atoms with van der Waals surface area (Å²) in [5.74, 6) is 0. The highest BCUT2D eigenvalue weighted by molar-refractivity contribution is 8.00. The SMILES string of the molecule is Cl.NC(CCO)c1cc([N+](=O)[O-])ccc1SC1CCCCC1. The van der Waals surface area contributed by atoms with E-state index in [0.29, 0.717) is 11.7 Å². The Labute approximate surface area is 141 Å². The fourth-order valence-corrected chi connectivity index (χ4v) is 4.12. The average Bonchev–Trinajstić information content (AvgIpc) is 2.48. The summed E-state index contributed by atoms with van der Waals surface area (Å²) in [4.78, 5) is 11.6. The number of non-ortho nitro benzene ring substituents is 1. The van der Waals surface area contributed by atoms with Gasteiger partial charge in [0.05, 0.1) is 4.92 Å². The quantitative estimate of drug-likeness (QED) is 0.603. The van der Waals surface area contributed by atoms with E-state index >= 15 is 0 Å². The largest absolute Gasteiger partial charge is 0.396 e. The lowest BCUT2D eigenvalue weighted by molar-refractivity contribution is -0.385. The van der Waals surface area contributed by atoms with Crippen LogP contribution in [0.3, 0.4) is 0 Å². The lowest BCUT2D eigenvalue weighted by Gasteiger charge is -2.23. The van der Waals surface area contributed by atoms with Crippen LogP contribution in [0.5, 0.6) is 0 Å². The lowest BCUT2D eigenvalue weighted by Crippen LogP contribution is -2.15. The van der Waals surface area contributed by atoms with Crippen molar-refractivity contribution in [3.63, 3.8) is 0 Å². The molecule has 1 saturated carbocycles. The van der Waals surface area contributed by atoms with Crippen molar-refractivity contribution in [2.75, 3.05) is 6.61 Å². The van der Waals surface area contributed by atoms with Gasteiger partial charge in [-0.1, -0.05) is 19.3 Å². The number of nitro benzene ring substituents is 1. The minimum Gasteiger partial charge on any atom is -0.396 e. The Hall–Kier alpha value is -0.820. The van der Waals surface area contributed by atoms with Crippen LogP contribution >= 0.6 is 24.2 Å². The van der Waals surface area contributed by atoms with E-state index in [1.165, 1.54) is 32.1 Å². The third-order valence-electron chi connectivity index (χ3n) is 3.89. The van der Waals surface area contributed by atoms with Gasteiger partial charge in [-0.25, -0.2) is 0 Å². The highest BCUT2D eigenvalue weighted by atomic mass is 35.5. The molecule has 1 aliphatic carbocycles. The van der Waals surface area contributed by atoms with Crippen molar-refractivity contribution in [3.8, 4) is 0 Å². The predicted molar refractivity (Wildman–Crippen MR) is 91.7 cm³/mol. The zero-order valence-corrected chi connectivity index (χ0v) is 14.1. The van der Waals surface area contributed by atoms with Crippen LogP contribution in [-0.4, -0.2) is 21.9 Å². The number of aliphatic hydroxyl groups excluding tert-OH is 1. The Morgan fingerprint density at radius 1 is 1.36 bits per heavy atom. The number of rotatable bonds is 6. The molecule has 1 aliphatic rings. The Morgan fingerprint density at radius 2 is 2.05 bits per heavy atom. The van der Waals surface area contributed by atoms with Crippen LogP contribution in [0.25, 0.3) is 0 Å². The Bertz CT molecular complexity index is 496. The Kier molecular flexibility index (Phi) is 8.17. The highest BCUT2D eigenvalue weighted by Gasteiger charge is 2.20. The number of benzene rings is 1. The first-order valence-electron chi connectivity index (χ1n) is 7.43. The standard InChI is InChI=1S/C15H22N2O3S.ClH/c16-14(8-9-18)13-10-11(17(19)20)6-7-15(13)21-12-4-2-1-3-5-12;/h6-7,10,12,14,18H,1-5,8-9,16H2;1H. The summed E-state index contributed by atoms with van der Waals surface area (Å²) in [5.41, 5.74) is 6.93. The van der Waals surface area contributed by atoms with Crippen LogP contribution in [0, 0.1) is 10.1 Å². The molecule has 0 amide bonds. The lowest BCUT2D eigenvalue weighted by atomic mass is 10.0. The summed E-state index contributed by atoms with van der Waals surface area (Å²) in [7, 11) is 0. The summed E-state index contributed by atoms with van der Waals surface area (Å²) >= 11 is 1.78. The molecule has 1 atom stereocenters. The van der Waals surface area contributed by atoms with Crippen LogP contribution < -0.4 is 5.73 Å². The van der Waals surface area contributed by atoms with Gasteiger partial charge < -0.3 is 10.8 Å². The van der Waals surface area contributed by atoms with E-state index in [4.69, 9.17) is 10.8 Å². The van der Waals surface area contributed by atoms with Crippen molar-refractivity contribution < 1.29 is 10.0 Å². The van der Waals surface area contributed by atoms with Gasteiger partial charge in [0.2, 0.25) is 0 Å². The molecule has 1 fully saturated rings. The molecule has 0 aromatic heterocycles. The normalized spacial score (nSPS) is 16.8. The van der Waals surface area contributed by atoms with Gasteiger partial charge in [0.15, 0.2) is 0 Å². The smallest absolute Gasteiger partial charge is 0.269 e. The third-order valence-corrected chi connectivity index (χ3v) is 5.32. The van der Waals surface area contributed by atoms with E-state index < -0.39 is 4.92 Å². The number of hydrogen-bond donors (Lipinski definition) is 2. The summed E-state index contributed by atoms with van der Waals surface area (Å²) in [6, 6.07) is 4.55. The number of nitro groups is 1. The molecule has 0 bridgehead atoms. The number of thioether (sulfide) groups is 1. The molecule has 2 rings (SSSR count). The minimum absolute atomic E-state index is 0. The molecule has 3 N–H and O–H groups in total. The first-order chi connectivity index (χ1) is 10.1. The molecule has 0 saturated heterocycles. The molecular formula is C15H23ClN2O3S. The van der Waals surface area contributed by atoms with E-state index in [2.05, 4.69) is 0 Å². The molecule has 1 unspecified atom stereocenters. The maximum absolute atomic E-state index is 10.9. The zero-order valence-electron chi connectivity index (χ0n) is 12.4. The number of aliphatic hydroxyl groups is 1. The van der Waals surface area contributed by atoms with Gasteiger partial charge in [-0.2, -0.15) is 0 Å². The van der Waals surface area contributed by atoms with Crippen LogP contribution in [0.1, 0.15) is 50.1 Å². The van der Waals surface area contributed by atoms with Gasteiger partial charge in [-0.15, -0.1) is 24.2 Å².